The van der Waals surface area contributed by atoms with E-state index in [1.165, 1.54) is 0 Å². The number of carboxylic acid groups (broad SMARTS) is 1. The Morgan fingerprint density at radius 1 is 1.42 bits per heavy atom. The number of pyridine rings is 1. The molecule has 0 amide bonds. The Bertz CT molecular complexity index is 424. The summed E-state index contributed by atoms with van der Waals surface area (Å²) >= 11 is 0. The quantitative estimate of drug-likeness (QED) is 0.879. The molecule has 2 atom stereocenters. The number of rotatable bonds is 3. The van der Waals surface area contributed by atoms with Crippen molar-refractivity contribution in [1.29, 1.82) is 0 Å². The molecule has 1 N–H and O–H groups in total. The van der Waals surface area contributed by atoms with Gasteiger partial charge in [-0.05, 0) is 26.1 Å². The first kappa shape index (κ1) is 14.0. The molecule has 5 nitrogen and oxygen atoms in total. The van der Waals surface area contributed by atoms with Gasteiger partial charge in [0.15, 0.2) is 0 Å². The predicted octanol–water partition coefficient (Wildman–Crippen LogP) is 0.918. The molecule has 0 aromatic carbocycles. The number of hydrogen-bond donors (Lipinski definition) is 1. The molecule has 2 rings (SSSR count). The second-order valence-electron chi connectivity index (χ2n) is 5.34. The lowest BCUT2D eigenvalue weighted by atomic mass is 10.1. The van der Waals surface area contributed by atoms with Crippen molar-refractivity contribution in [2.75, 3.05) is 26.7 Å². The molecule has 5 heteroatoms. The van der Waals surface area contributed by atoms with E-state index in [4.69, 9.17) is 0 Å². The molecule has 0 saturated carbocycles. The molecule has 1 saturated heterocycles. The van der Waals surface area contributed by atoms with Crippen molar-refractivity contribution < 1.29 is 9.90 Å². The standard InChI is InChI=1S/C14H21N3O2/c1-11-7-17(10-13-5-3-4-6-15-13)9-12(14(18)19)8-16(11)2/h3-6,11-12H,7-10H2,1-2H3,(H,18,19). The lowest BCUT2D eigenvalue weighted by Gasteiger charge is -2.25. The van der Waals surface area contributed by atoms with Crippen molar-refractivity contribution in [2.24, 2.45) is 5.92 Å². The van der Waals surface area contributed by atoms with Gasteiger partial charge in [-0.1, -0.05) is 6.07 Å². The molecule has 19 heavy (non-hydrogen) atoms. The van der Waals surface area contributed by atoms with E-state index >= 15 is 0 Å². The largest absolute Gasteiger partial charge is 0.481 e. The molecule has 1 aromatic rings. The van der Waals surface area contributed by atoms with Crippen LogP contribution < -0.4 is 0 Å². The van der Waals surface area contributed by atoms with Gasteiger partial charge in [0.05, 0.1) is 11.6 Å². The number of nitrogens with zero attached hydrogens (tertiary/aromatic N) is 3. The van der Waals surface area contributed by atoms with Crippen LogP contribution in [0.2, 0.25) is 0 Å². The highest BCUT2D eigenvalue weighted by molar-refractivity contribution is 5.70. The fourth-order valence-electron chi connectivity index (χ4n) is 2.49. The molecule has 0 radical (unpaired) electrons. The maximum Gasteiger partial charge on any atom is 0.309 e. The number of carbonyl (C=O) groups is 1. The topological polar surface area (TPSA) is 56.7 Å². The van der Waals surface area contributed by atoms with Gasteiger partial charge in [-0.25, -0.2) is 0 Å². The highest BCUT2D eigenvalue weighted by Crippen LogP contribution is 2.15. The van der Waals surface area contributed by atoms with Gasteiger partial charge in [0, 0.05) is 38.4 Å². The minimum Gasteiger partial charge on any atom is -0.481 e. The van der Waals surface area contributed by atoms with Gasteiger partial charge >= 0.3 is 5.97 Å². The zero-order chi connectivity index (χ0) is 13.8. The molecule has 2 heterocycles. The highest BCUT2D eigenvalue weighted by Gasteiger charge is 2.29. The zero-order valence-corrected chi connectivity index (χ0v) is 11.5. The summed E-state index contributed by atoms with van der Waals surface area (Å²) in [5.74, 6) is -1.05. The van der Waals surface area contributed by atoms with Crippen LogP contribution in [0, 0.1) is 5.92 Å². The van der Waals surface area contributed by atoms with E-state index in [1.54, 1.807) is 6.20 Å². The molecule has 2 unspecified atom stereocenters. The van der Waals surface area contributed by atoms with Gasteiger partial charge in [0.2, 0.25) is 0 Å². The van der Waals surface area contributed by atoms with Crippen LogP contribution >= 0.6 is 0 Å². The first-order valence-corrected chi connectivity index (χ1v) is 6.61. The van der Waals surface area contributed by atoms with E-state index in [0.717, 1.165) is 12.2 Å². The summed E-state index contributed by atoms with van der Waals surface area (Å²) in [6.07, 6.45) is 1.78. The van der Waals surface area contributed by atoms with Crippen molar-refractivity contribution in [3.63, 3.8) is 0 Å². The molecular weight excluding hydrogens is 242 g/mol. The van der Waals surface area contributed by atoms with Gasteiger partial charge in [-0.3, -0.25) is 14.7 Å². The van der Waals surface area contributed by atoms with Crippen molar-refractivity contribution in [3.05, 3.63) is 30.1 Å². The van der Waals surface area contributed by atoms with Gasteiger partial charge in [0.25, 0.3) is 0 Å². The van der Waals surface area contributed by atoms with Gasteiger partial charge in [-0.15, -0.1) is 0 Å². The lowest BCUT2D eigenvalue weighted by molar-refractivity contribution is -0.142. The second-order valence-corrected chi connectivity index (χ2v) is 5.34. The fourth-order valence-corrected chi connectivity index (χ4v) is 2.49. The summed E-state index contributed by atoms with van der Waals surface area (Å²) in [6.45, 7) is 4.91. The number of likely N-dealkylation sites (N-methyl/N-ethyl adjacent to an activating group) is 1. The molecule has 0 bridgehead atoms. The second kappa shape index (κ2) is 6.12. The Kier molecular flexibility index (Phi) is 4.50. The Morgan fingerprint density at radius 2 is 2.21 bits per heavy atom. The SMILES string of the molecule is CC1CN(Cc2ccccn2)CC(C(=O)O)CN1C. The number of aliphatic carboxylic acids is 1. The van der Waals surface area contributed by atoms with Gasteiger partial charge in [0.1, 0.15) is 0 Å². The third kappa shape index (κ3) is 3.75. The maximum atomic E-state index is 11.3. The Hall–Kier alpha value is -1.46. The van der Waals surface area contributed by atoms with E-state index in [0.29, 0.717) is 25.7 Å². The van der Waals surface area contributed by atoms with Crippen molar-refractivity contribution in [3.8, 4) is 0 Å². The molecule has 104 valence electrons. The summed E-state index contributed by atoms with van der Waals surface area (Å²) in [7, 11) is 1.99. The van der Waals surface area contributed by atoms with E-state index in [-0.39, 0.29) is 5.92 Å². The first-order valence-electron chi connectivity index (χ1n) is 6.61. The van der Waals surface area contributed by atoms with Crippen LogP contribution in [0.5, 0.6) is 0 Å². The summed E-state index contributed by atoms with van der Waals surface area (Å²) in [5.41, 5.74) is 0.989. The van der Waals surface area contributed by atoms with Crippen molar-refractivity contribution in [1.82, 2.24) is 14.8 Å². The molecule has 1 aliphatic heterocycles. The zero-order valence-electron chi connectivity index (χ0n) is 11.5. The van der Waals surface area contributed by atoms with Crippen molar-refractivity contribution >= 4 is 5.97 Å². The lowest BCUT2D eigenvalue weighted by Crippen LogP contribution is -2.36. The van der Waals surface area contributed by atoms with Crippen LogP contribution in [0.25, 0.3) is 0 Å². The summed E-state index contributed by atoms with van der Waals surface area (Å²) in [5, 5.41) is 9.28. The van der Waals surface area contributed by atoms with E-state index in [1.807, 2.05) is 25.2 Å². The summed E-state index contributed by atoms with van der Waals surface area (Å²) < 4.78 is 0. The molecular formula is C14H21N3O2. The highest BCUT2D eigenvalue weighted by atomic mass is 16.4. The molecule has 0 spiro atoms. The van der Waals surface area contributed by atoms with Gasteiger partial charge in [-0.2, -0.15) is 0 Å². The van der Waals surface area contributed by atoms with Crippen LogP contribution in [0.4, 0.5) is 0 Å². The van der Waals surface area contributed by atoms with Crippen LogP contribution in [-0.2, 0) is 11.3 Å². The third-order valence-electron chi connectivity index (χ3n) is 3.72. The maximum absolute atomic E-state index is 11.3. The number of hydrogen-bond acceptors (Lipinski definition) is 4. The molecule has 1 aromatic heterocycles. The van der Waals surface area contributed by atoms with Crippen LogP contribution in [0.3, 0.4) is 0 Å². The predicted molar refractivity (Wildman–Crippen MR) is 72.7 cm³/mol. The van der Waals surface area contributed by atoms with E-state index < -0.39 is 5.97 Å². The van der Waals surface area contributed by atoms with E-state index in [9.17, 15) is 9.90 Å². The number of aromatic nitrogens is 1. The molecule has 1 fully saturated rings. The van der Waals surface area contributed by atoms with Crippen LogP contribution in [0.1, 0.15) is 12.6 Å². The van der Waals surface area contributed by atoms with Gasteiger partial charge < -0.3 is 10.0 Å². The van der Waals surface area contributed by atoms with E-state index in [2.05, 4.69) is 21.7 Å². The fraction of sp³-hybridized carbons (Fsp3) is 0.571. The van der Waals surface area contributed by atoms with Crippen LogP contribution in [-0.4, -0.2) is 58.6 Å². The van der Waals surface area contributed by atoms with Crippen LogP contribution in [0.15, 0.2) is 24.4 Å². The third-order valence-corrected chi connectivity index (χ3v) is 3.72. The monoisotopic (exact) mass is 263 g/mol. The minimum absolute atomic E-state index is 0.335. The Balaban J connectivity index is 2.08. The smallest absolute Gasteiger partial charge is 0.309 e. The number of carboxylic acids is 1. The summed E-state index contributed by atoms with van der Waals surface area (Å²) in [4.78, 5) is 19.9. The normalized spacial score (nSPS) is 26.0. The average molecular weight is 263 g/mol. The Labute approximate surface area is 113 Å². The summed E-state index contributed by atoms with van der Waals surface area (Å²) in [6, 6.07) is 6.19. The molecule has 0 aliphatic carbocycles. The Morgan fingerprint density at radius 3 is 2.84 bits per heavy atom. The first-order chi connectivity index (χ1) is 9.06. The minimum atomic E-state index is -0.716. The van der Waals surface area contributed by atoms with Crippen molar-refractivity contribution in [2.45, 2.75) is 19.5 Å². The average Bonchev–Trinajstić information content (AvgIpc) is 2.51. The molecule has 1 aliphatic rings.